The molecule has 0 aliphatic rings. The largest absolute Gasteiger partial charge is 0.422 e. The van der Waals surface area contributed by atoms with Crippen LogP contribution in [-0.4, -0.2) is 21.0 Å². The maximum atomic E-state index is 12.1. The first-order valence-corrected chi connectivity index (χ1v) is 6.25. The SMILES string of the molecule is Cc1nc(C)c(C(=O)Oc2ccc(CO)cc2)nc1C. The van der Waals surface area contributed by atoms with Crippen molar-refractivity contribution in [2.75, 3.05) is 0 Å². The van der Waals surface area contributed by atoms with Crippen molar-refractivity contribution in [2.45, 2.75) is 27.4 Å². The average molecular weight is 272 g/mol. The van der Waals surface area contributed by atoms with Crippen LogP contribution in [0.2, 0.25) is 0 Å². The van der Waals surface area contributed by atoms with E-state index >= 15 is 0 Å². The molecule has 1 aromatic carbocycles. The molecule has 0 aliphatic carbocycles. The summed E-state index contributed by atoms with van der Waals surface area (Å²) in [6.07, 6.45) is 0. The predicted octanol–water partition coefficient (Wildman–Crippen LogP) is 2.11. The van der Waals surface area contributed by atoms with Crippen LogP contribution in [0, 0.1) is 20.8 Å². The van der Waals surface area contributed by atoms with Gasteiger partial charge in [-0.1, -0.05) is 12.1 Å². The number of esters is 1. The van der Waals surface area contributed by atoms with Crippen LogP contribution >= 0.6 is 0 Å². The highest BCUT2D eigenvalue weighted by Gasteiger charge is 2.16. The van der Waals surface area contributed by atoms with Crippen molar-refractivity contribution in [3.05, 3.63) is 52.6 Å². The van der Waals surface area contributed by atoms with Gasteiger partial charge in [-0.3, -0.25) is 4.98 Å². The van der Waals surface area contributed by atoms with Gasteiger partial charge < -0.3 is 9.84 Å². The second-order valence-corrected chi connectivity index (χ2v) is 4.52. The van der Waals surface area contributed by atoms with Crippen molar-refractivity contribution in [2.24, 2.45) is 0 Å². The van der Waals surface area contributed by atoms with Gasteiger partial charge in [-0.15, -0.1) is 0 Å². The van der Waals surface area contributed by atoms with Crippen molar-refractivity contribution < 1.29 is 14.6 Å². The number of rotatable bonds is 3. The zero-order chi connectivity index (χ0) is 14.7. The van der Waals surface area contributed by atoms with Crippen molar-refractivity contribution >= 4 is 5.97 Å². The molecule has 104 valence electrons. The number of benzene rings is 1. The van der Waals surface area contributed by atoms with E-state index in [9.17, 15) is 4.79 Å². The van der Waals surface area contributed by atoms with E-state index < -0.39 is 5.97 Å². The molecule has 0 aliphatic heterocycles. The number of hydrogen-bond acceptors (Lipinski definition) is 5. The smallest absolute Gasteiger partial charge is 0.364 e. The number of hydrogen-bond donors (Lipinski definition) is 1. The van der Waals surface area contributed by atoms with Gasteiger partial charge >= 0.3 is 5.97 Å². The molecule has 2 rings (SSSR count). The molecule has 5 heteroatoms. The van der Waals surface area contributed by atoms with Gasteiger partial charge in [-0.05, 0) is 38.5 Å². The minimum Gasteiger partial charge on any atom is -0.422 e. The Bertz CT molecular complexity index is 636. The van der Waals surface area contributed by atoms with Crippen molar-refractivity contribution in [1.29, 1.82) is 0 Å². The quantitative estimate of drug-likeness (QED) is 0.684. The van der Waals surface area contributed by atoms with Crippen LogP contribution in [0.1, 0.15) is 33.1 Å². The fourth-order valence-electron chi connectivity index (χ4n) is 1.73. The van der Waals surface area contributed by atoms with Crippen molar-refractivity contribution in [3.8, 4) is 5.75 Å². The molecule has 2 aromatic rings. The van der Waals surface area contributed by atoms with Gasteiger partial charge in [0.15, 0.2) is 5.69 Å². The monoisotopic (exact) mass is 272 g/mol. The highest BCUT2D eigenvalue weighted by molar-refractivity contribution is 5.90. The van der Waals surface area contributed by atoms with Gasteiger partial charge in [0, 0.05) is 0 Å². The van der Waals surface area contributed by atoms with Crippen LogP contribution < -0.4 is 4.74 Å². The lowest BCUT2D eigenvalue weighted by atomic mass is 10.2. The Hall–Kier alpha value is -2.27. The summed E-state index contributed by atoms with van der Waals surface area (Å²) in [5.74, 6) is -0.124. The molecule has 0 unspecified atom stereocenters. The van der Waals surface area contributed by atoms with E-state index in [4.69, 9.17) is 9.84 Å². The topological polar surface area (TPSA) is 72.3 Å². The summed E-state index contributed by atoms with van der Waals surface area (Å²) in [4.78, 5) is 20.6. The van der Waals surface area contributed by atoms with Gasteiger partial charge in [0.05, 0.1) is 23.7 Å². The van der Waals surface area contributed by atoms with Gasteiger partial charge in [-0.2, -0.15) is 0 Å². The van der Waals surface area contributed by atoms with Crippen molar-refractivity contribution in [1.82, 2.24) is 9.97 Å². The third-order valence-electron chi connectivity index (χ3n) is 2.99. The predicted molar refractivity (Wildman–Crippen MR) is 73.6 cm³/mol. The summed E-state index contributed by atoms with van der Waals surface area (Å²) >= 11 is 0. The summed E-state index contributed by atoms with van der Waals surface area (Å²) < 4.78 is 5.25. The second-order valence-electron chi connectivity index (χ2n) is 4.52. The number of aryl methyl sites for hydroxylation is 3. The Kier molecular flexibility index (Phi) is 4.10. The fraction of sp³-hybridized carbons (Fsp3) is 0.267. The lowest BCUT2D eigenvalue weighted by molar-refractivity contribution is 0.0727. The van der Waals surface area contributed by atoms with Crippen LogP contribution in [0.25, 0.3) is 0 Å². The molecule has 0 saturated carbocycles. The maximum absolute atomic E-state index is 12.1. The van der Waals surface area contributed by atoms with E-state index in [1.807, 2.05) is 6.92 Å². The summed E-state index contributed by atoms with van der Waals surface area (Å²) in [6, 6.07) is 6.66. The van der Waals surface area contributed by atoms with Crippen LogP contribution in [0.5, 0.6) is 5.75 Å². The highest BCUT2D eigenvalue weighted by atomic mass is 16.5. The van der Waals surface area contributed by atoms with E-state index in [1.165, 1.54) is 0 Å². The molecule has 0 bridgehead atoms. The molecule has 1 N–H and O–H groups in total. The van der Waals surface area contributed by atoms with Gasteiger partial charge in [0.2, 0.25) is 0 Å². The molecular weight excluding hydrogens is 256 g/mol. The van der Waals surface area contributed by atoms with E-state index in [-0.39, 0.29) is 12.3 Å². The third kappa shape index (κ3) is 3.00. The number of aromatic nitrogens is 2. The van der Waals surface area contributed by atoms with E-state index in [2.05, 4.69) is 9.97 Å². The van der Waals surface area contributed by atoms with Crippen molar-refractivity contribution in [3.63, 3.8) is 0 Å². The Morgan fingerprint density at radius 1 is 1.05 bits per heavy atom. The Labute approximate surface area is 117 Å². The molecule has 0 atom stereocenters. The Balaban J connectivity index is 2.21. The Morgan fingerprint density at radius 3 is 2.25 bits per heavy atom. The average Bonchev–Trinajstić information content (AvgIpc) is 2.43. The number of carbonyl (C=O) groups is 1. The lowest BCUT2D eigenvalue weighted by Gasteiger charge is -2.08. The third-order valence-corrected chi connectivity index (χ3v) is 2.99. The zero-order valence-corrected chi connectivity index (χ0v) is 11.7. The van der Waals surface area contributed by atoms with Gasteiger partial charge in [-0.25, -0.2) is 9.78 Å². The van der Waals surface area contributed by atoms with Gasteiger partial charge in [0.1, 0.15) is 5.75 Å². The molecule has 0 spiro atoms. The molecule has 5 nitrogen and oxygen atoms in total. The van der Waals surface area contributed by atoms with Crippen LogP contribution in [0.4, 0.5) is 0 Å². The molecule has 0 fully saturated rings. The summed E-state index contributed by atoms with van der Waals surface area (Å²) in [6.45, 7) is 5.33. The first-order chi connectivity index (χ1) is 9.51. The minimum absolute atomic E-state index is 0.0457. The highest BCUT2D eigenvalue weighted by Crippen LogP contribution is 2.15. The summed E-state index contributed by atoms with van der Waals surface area (Å²) in [5.41, 5.74) is 3.03. The molecule has 0 amide bonds. The van der Waals surface area contributed by atoms with E-state index in [0.29, 0.717) is 17.1 Å². The Morgan fingerprint density at radius 2 is 1.65 bits per heavy atom. The number of carbonyl (C=O) groups excluding carboxylic acids is 1. The molecule has 1 aromatic heterocycles. The van der Waals surface area contributed by atoms with E-state index in [1.54, 1.807) is 38.1 Å². The molecule has 0 radical (unpaired) electrons. The first-order valence-electron chi connectivity index (χ1n) is 6.25. The standard InChI is InChI=1S/C15H16N2O3/c1-9-10(2)17-14(11(3)16-9)15(19)20-13-6-4-12(8-18)5-7-13/h4-7,18H,8H2,1-3H3. The summed E-state index contributed by atoms with van der Waals surface area (Å²) in [5, 5.41) is 8.96. The minimum atomic E-state index is -0.533. The summed E-state index contributed by atoms with van der Waals surface area (Å²) in [7, 11) is 0. The van der Waals surface area contributed by atoms with Crippen LogP contribution in [0.3, 0.4) is 0 Å². The molecule has 1 heterocycles. The number of ether oxygens (including phenoxy) is 1. The number of aliphatic hydroxyl groups excluding tert-OH is 1. The van der Waals surface area contributed by atoms with Crippen LogP contribution in [0.15, 0.2) is 24.3 Å². The molecule has 0 saturated heterocycles. The molecular formula is C15H16N2O3. The second kappa shape index (κ2) is 5.79. The normalized spacial score (nSPS) is 10.4. The molecule has 20 heavy (non-hydrogen) atoms. The first kappa shape index (κ1) is 14.1. The van der Waals surface area contributed by atoms with Gasteiger partial charge in [0.25, 0.3) is 0 Å². The van der Waals surface area contributed by atoms with E-state index in [0.717, 1.165) is 11.3 Å². The maximum Gasteiger partial charge on any atom is 0.364 e. The van der Waals surface area contributed by atoms with Crippen LogP contribution in [-0.2, 0) is 6.61 Å². The number of nitrogens with zero attached hydrogens (tertiary/aromatic N) is 2. The fourth-order valence-corrected chi connectivity index (χ4v) is 1.73. The lowest BCUT2D eigenvalue weighted by Crippen LogP contribution is -2.15. The number of aliphatic hydroxyl groups is 1. The zero-order valence-electron chi connectivity index (χ0n) is 11.7.